The van der Waals surface area contributed by atoms with Gasteiger partial charge in [-0.1, -0.05) is 126 Å². The summed E-state index contributed by atoms with van der Waals surface area (Å²) < 4.78 is 0. The van der Waals surface area contributed by atoms with Crippen LogP contribution in [0, 0.1) is 17.8 Å². The number of allylic oxidation sites excluding steroid dienone is 2. The van der Waals surface area contributed by atoms with Gasteiger partial charge in [-0.15, -0.1) is 0 Å². The van der Waals surface area contributed by atoms with Crippen LogP contribution in [-0.4, -0.2) is 211 Å². The van der Waals surface area contributed by atoms with Crippen LogP contribution in [0.1, 0.15) is 190 Å². The first-order chi connectivity index (χ1) is 57.0. The number of hydrogen-bond acceptors (Lipinski definition) is 20. The van der Waals surface area contributed by atoms with Crippen molar-refractivity contribution in [1.82, 2.24) is 74.1 Å². The van der Waals surface area contributed by atoms with Gasteiger partial charge in [0, 0.05) is 56.3 Å². The lowest BCUT2D eigenvalue weighted by Crippen LogP contribution is -2.64. The van der Waals surface area contributed by atoms with Gasteiger partial charge in [0.25, 0.3) is 0 Å². The molecule has 35 nitrogen and oxygen atoms in total. The summed E-state index contributed by atoms with van der Waals surface area (Å²) in [6, 6.07) is 4.98. The number of fused-ring (bicyclic) bond motifs is 1. The summed E-state index contributed by atoms with van der Waals surface area (Å²) in [5.41, 5.74) is 9.25. The number of carbonyl (C=O) groups excluding carboxylic acids is 16. The van der Waals surface area contributed by atoms with Gasteiger partial charge in [0.1, 0.15) is 71.2 Å². The van der Waals surface area contributed by atoms with Crippen LogP contribution in [0.4, 0.5) is 0 Å². The molecule has 0 spiro atoms. The van der Waals surface area contributed by atoms with Gasteiger partial charge in [-0.3, -0.25) is 76.7 Å². The van der Waals surface area contributed by atoms with E-state index in [1.807, 2.05) is 39.8 Å². The van der Waals surface area contributed by atoms with Gasteiger partial charge >= 0.3 is 0 Å². The first-order valence-corrected chi connectivity index (χ1v) is 41.4. The number of carbonyl (C=O) groups is 16. The minimum atomic E-state index is -1.91. The minimum absolute atomic E-state index is 0.00251. The molecular formula is C86H126N16O19. The maximum Gasteiger partial charge on any atom is 0.246 e. The number of aromatic nitrogens is 1. The fraction of sp³-hybridized carbons (Fsp3) is 0.558. The van der Waals surface area contributed by atoms with E-state index in [2.05, 4.69) is 74.1 Å². The molecule has 1 aromatic heterocycles. The van der Waals surface area contributed by atoms with Gasteiger partial charge in [0.2, 0.25) is 94.3 Å². The van der Waals surface area contributed by atoms with Crippen LogP contribution in [0.3, 0.4) is 0 Å². The predicted octanol–water partition coefficient (Wildman–Crippen LogP) is 0.998. The molecule has 1 aliphatic rings. The number of hydrogen-bond donors (Lipinski definition) is 19. The van der Waals surface area contributed by atoms with Crippen LogP contribution in [0.5, 0.6) is 5.75 Å². The number of phenolic OH excluding ortho intramolecular Hbond substituents is 1. The Labute approximate surface area is 706 Å². The van der Waals surface area contributed by atoms with Crippen molar-refractivity contribution >= 4 is 105 Å². The molecule has 15 atom stereocenters. The van der Waals surface area contributed by atoms with Crippen molar-refractivity contribution in [2.75, 3.05) is 13.2 Å². The topological polar surface area (TPSA) is 558 Å². The molecular weight excluding hydrogens is 1560 g/mol. The molecule has 14 amide bonds. The predicted molar refractivity (Wildman–Crippen MR) is 451 cm³/mol. The Balaban J connectivity index is 1.61. The summed E-state index contributed by atoms with van der Waals surface area (Å²) in [7, 11) is 0. The third kappa shape index (κ3) is 32.9. The van der Waals surface area contributed by atoms with Gasteiger partial charge in [0.15, 0.2) is 0 Å². The van der Waals surface area contributed by atoms with Crippen LogP contribution >= 0.6 is 0 Å². The molecule has 2 heterocycles. The molecule has 0 aliphatic carbocycles. The van der Waals surface area contributed by atoms with E-state index in [9.17, 15) is 72.9 Å². The number of nitrogens with one attached hydrogen (secondary N) is 14. The van der Waals surface area contributed by atoms with E-state index in [1.54, 1.807) is 60.8 Å². The van der Waals surface area contributed by atoms with Crippen molar-refractivity contribution in [3.63, 3.8) is 0 Å². The van der Waals surface area contributed by atoms with Crippen LogP contribution in [-0.2, 0) is 96.0 Å². The maximum atomic E-state index is 15.2. The number of aromatic amines is 1. The summed E-state index contributed by atoms with van der Waals surface area (Å²) in [4.78, 5) is 229. The third-order valence-corrected chi connectivity index (χ3v) is 21.1. The molecule has 0 bridgehead atoms. The molecule has 0 saturated heterocycles. The number of Topliss-reactive ketones (excluding diaryl/α,β-unsaturated/α-hetero) is 2. The fourth-order valence-electron chi connectivity index (χ4n) is 13.6. The monoisotopic (exact) mass is 1690 g/mol. The summed E-state index contributed by atoms with van der Waals surface area (Å²) in [6.07, 6.45) is 5.86. The van der Waals surface area contributed by atoms with E-state index in [4.69, 9.17) is 11.5 Å². The zero-order valence-electron chi connectivity index (χ0n) is 71.4. The number of para-hydroxylation sites is 1. The Morgan fingerprint density at radius 2 is 1.17 bits per heavy atom. The van der Waals surface area contributed by atoms with E-state index >= 15 is 19.2 Å². The molecule has 21 N–H and O–H groups in total. The zero-order valence-corrected chi connectivity index (χ0v) is 71.4. The van der Waals surface area contributed by atoms with Gasteiger partial charge in [-0.25, -0.2) is 0 Å². The normalized spacial score (nSPS) is 22.8. The highest BCUT2D eigenvalue weighted by molar-refractivity contribution is 6.41. The maximum absolute atomic E-state index is 15.2. The van der Waals surface area contributed by atoms with Gasteiger partial charge in [0.05, 0.1) is 30.7 Å². The second-order valence-electron chi connectivity index (χ2n) is 32.7. The average Bonchev–Trinajstić information content (AvgIpc) is 1.69. The van der Waals surface area contributed by atoms with Crippen LogP contribution in [0.25, 0.3) is 10.9 Å². The number of benzene rings is 3. The SMILES string of the molecule is CC(=O)N[C@@H](CC(C)C)C(=O)N[C@H](C(=O)N[C@@H](Cc1ccccc1)C(=O)N[C@]1(C)CCCCCC/C=C/CCC[C@@](C)(C(=O)N[C@@H](CO)C(=O)NC(C)C(=O)N[C@@H](C)C(N)=O)NC(=O)[C@H](CCC(C)C)CN[C@@H](CCC(N)=O)C(=O)C(=O)C(C)NC(=O)[C@H](Cc2c[nH]c3ccccc23)NC(=O)[C@H](Cc2ccc(O)cc2)NC(=O)C(C)NC1=O)[C@@H](C)O. The van der Waals surface area contributed by atoms with Crippen LogP contribution < -0.4 is 80.6 Å². The summed E-state index contributed by atoms with van der Waals surface area (Å²) >= 11 is 0. The number of nitrogens with two attached hydrogens (primary N) is 2. The number of ketones is 2. The van der Waals surface area contributed by atoms with E-state index in [1.165, 1.54) is 79.7 Å². The van der Waals surface area contributed by atoms with Crippen LogP contribution in [0.15, 0.2) is 97.2 Å². The second kappa shape index (κ2) is 48.7. The molecule has 3 aromatic carbocycles. The molecule has 121 heavy (non-hydrogen) atoms. The number of aliphatic hydroxyl groups excluding tert-OH is 2. The molecule has 0 radical (unpaired) electrons. The Hall–Kier alpha value is -11.5. The number of primary amides is 2. The molecule has 664 valence electrons. The van der Waals surface area contributed by atoms with Gasteiger partial charge in [-0.05, 0) is 153 Å². The van der Waals surface area contributed by atoms with Crippen molar-refractivity contribution < 1.29 is 92.0 Å². The lowest BCUT2D eigenvalue weighted by atomic mass is 9.90. The second-order valence-corrected chi connectivity index (χ2v) is 32.7. The quantitative estimate of drug-likeness (QED) is 0.0256. The number of H-pyrrole nitrogens is 1. The molecule has 5 rings (SSSR count). The van der Waals surface area contributed by atoms with E-state index < -0.39 is 197 Å². The van der Waals surface area contributed by atoms with Crippen molar-refractivity contribution in [2.45, 2.75) is 276 Å². The highest BCUT2D eigenvalue weighted by atomic mass is 16.3. The molecule has 0 saturated carbocycles. The lowest BCUT2D eigenvalue weighted by molar-refractivity contribution is -0.140. The largest absolute Gasteiger partial charge is 0.508 e. The van der Waals surface area contributed by atoms with Gasteiger partial charge < -0.3 is 101 Å². The summed E-state index contributed by atoms with van der Waals surface area (Å²) in [5, 5.41) is 67.0. The molecule has 0 fully saturated rings. The third-order valence-electron chi connectivity index (χ3n) is 21.1. The van der Waals surface area contributed by atoms with E-state index in [0.717, 1.165) is 0 Å². The number of rotatable bonds is 30. The Morgan fingerprint density at radius 1 is 0.562 bits per heavy atom. The average molecular weight is 1690 g/mol. The van der Waals surface area contributed by atoms with Crippen molar-refractivity contribution in [3.05, 3.63) is 114 Å². The smallest absolute Gasteiger partial charge is 0.246 e. The Morgan fingerprint density at radius 3 is 1.80 bits per heavy atom. The van der Waals surface area contributed by atoms with Crippen LogP contribution in [0.2, 0.25) is 0 Å². The Bertz CT molecular complexity index is 4270. The number of amides is 14. The summed E-state index contributed by atoms with van der Waals surface area (Å²) in [5.74, 6) is -15.8. The number of aliphatic hydroxyl groups is 2. The zero-order chi connectivity index (χ0) is 90.0. The lowest BCUT2D eigenvalue weighted by Gasteiger charge is -2.33. The van der Waals surface area contributed by atoms with Gasteiger partial charge in [-0.2, -0.15) is 0 Å². The van der Waals surface area contributed by atoms with Crippen molar-refractivity contribution in [1.29, 1.82) is 0 Å². The Kier molecular flexibility index (Phi) is 40.3. The van der Waals surface area contributed by atoms with Crippen molar-refractivity contribution in [2.24, 2.45) is 29.2 Å². The highest BCUT2D eigenvalue weighted by Gasteiger charge is 2.43. The number of aromatic hydroxyl groups is 1. The minimum Gasteiger partial charge on any atom is -0.508 e. The fourth-order valence-corrected chi connectivity index (χ4v) is 13.6. The standard InChI is InChI=1S/C86H126N16O19/c1-48(2)31-34-58-45-90-63(37-38-69(87)107)72(109)71(108)50(5)91-77(114)67(44-59-46-89-62-30-24-23-29-61(59)62)97-78(115)65(43-57-32-35-60(106)36-33-57)96-75(112)53(8)94-83(120)85(11,102-81(118)66(42-56-27-21-20-22-28-56)98-82(119)70(54(9)104)100-79(116)64(41-49(3)4)95-55(10)105)39-25-18-16-14-13-15-17-19-26-40-86(12,101-76(58)113)84(121)99-68(47-103)80(117)93-52(7)74(111)92-51(6)73(88)110/h15,17,20-24,27-30,32-33,35-36,46,48-54,58,63-68,70,89-90,103-104,106H,13-14,16,18-19,25-26,31,34,37-45,47H2,1-12H3,(H2,87,107)(H2,88,110)(H,91,114)(H,92,111)(H,93,117)(H,94,120)(H,95,105)(H,96,112)(H,97,115)(H,98,119)(H,99,121)(H,100,116)(H,101,113)(H,102,118)/b17-15+/t50?,51-,52?,53?,54+,58+,63-,64-,65-,66-,67-,68-,70-,85+,86-/m0/s1. The first kappa shape index (κ1) is 100. The molecule has 35 heteroatoms. The summed E-state index contributed by atoms with van der Waals surface area (Å²) in [6.45, 7) is 16.6. The molecule has 3 unspecified atom stereocenters. The first-order valence-electron chi connectivity index (χ1n) is 41.4. The van der Waals surface area contributed by atoms with E-state index in [0.29, 0.717) is 66.1 Å². The molecule has 1 aliphatic heterocycles. The highest BCUT2D eigenvalue weighted by Crippen LogP contribution is 2.25. The number of phenols is 1. The molecule has 4 aromatic rings. The van der Waals surface area contributed by atoms with Crippen molar-refractivity contribution in [3.8, 4) is 5.75 Å². The van der Waals surface area contributed by atoms with E-state index in [-0.39, 0.29) is 88.3 Å².